The molecule has 1 aromatic carbocycles. The van der Waals surface area contributed by atoms with E-state index in [1.165, 1.54) is 50.7 Å². The number of nitrogens with zero attached hydrogens (tertiary/aromatic N) is 3. The van der Waals surface area contributed by atoms with Crippen LogP contribution in [0.4, 0.5) is 17.1 Å². The molecule has 4 fully saturated rings. The minimum Gasteiger partial charge on any atom is -0.393 e. The Labute approximate surface area is 248 Å². The van der Waals surface area contributed by atoms with Crippen LogP contribution < -0.4 is 5.43 Å². The maximum Gasteiger partial charge on any atom is 0.301 e. The molecule has 3 unspecified atom stereocenters. The Morgan fingerprint density at radius 3 is 2.52 bits per heavy atom. The van der Waals surface area contributed by atoms with Crippen molar-refractivity contribution in [2.75, 3.05) is 5.43 Å². The molecule has 0 aliphatic heterocycles. The van der Waals surface area contributed by atoms with E-state index in [9.17, 15) is 30.4 Å². The van der Waals surface area contributed by atoms with Gasteiger partial charge in [-0.25, -0.2) is 0 Å². The number of aliphatic hydroxyl groups is 2. The fourth-order valence-electron chi connectivity index (χ4n) is 9.97. The van der Waals surface area contributed by atoms with Gasteiger partial charge in [0.05, 0.1) is 27.6 Å². The third-order valence-corrected chi connectivity index (χ3v) is 12.2. The van der Waals surface area contributed by atoms with Crippen molar-refractivity contribution < 1.29 is 20.1 Å². The fraction of sp³-hybridized carbons (Fsp3) is 0.781. The number of nitrogens with one attached hydrogen (secondary N) is 1. The lowest BCUT2D eigenvalue weighted by Crippen LogP contribution is -2.54. The summed E-state index contributed by atoms with van der Waals surface area (Å²) in [7, 11) is 0. The van der Waals surface area contributed by atoms with E-state index in [0.717, 1.165) is 31.2 Å². The number of anilines is 1. The number of non-ortho nitro benzene ring substituents is 1. The molecule has 0 amide bonds. The molecule has 0 spiro atoms. The summed E-state index contributed by atoms with van der Waals surface area (Å²) in [5.74, 6) is 2.06. The topological polar surface area (TPSA) is 151 Å². The Hall–Kier alpha value is -2.59. The second-order valence-electron chi connectivity index (χ2n) is 14.7. The summed E-state index contributed by atoms with van der Waals surface area (Å²) in [6, 6.07) is 3.44. The summed E-state index contributed by atoms with van der Waals surface area (Å²) in [5.41, 5.74) is 0.770. The van der Waals surface area contributed by atoms with Crippen LogP contribution in [0.25, 0.3) is 0 Å². The number of fused-ring (bicyclic) bond motifs is 5. The number of rotatable bonds is 10. The molecule has 5 rings (SSSR count). The Kier molecular flexibility index (Phi) is 8.44. The van der Waals surface area contributed by atoms with E-state index in [1.54, 1.807) is 6.21 Å². The largest absolute Gasteiger partial charge is 0.393 e. The molecule has 0 heterocycles. The fourth-order valence-corrected chi connectivity index (χ4v) is 9.97. The van der Waals surface area contributed by atoms with Crippen molar-refractivity contribution in [1.82, 2.24) is 0 Å². The van der Waals surface area contributed by atoms with Gasteiger partial charge in [-0.3, -0.25) is 25.7 Å². The molecular weight excluding hydrogens is 536 g/mol. The number of hydrazone groups is 1. The molecule has 42 heavy (non-hydrogen) atoms. The molecule has 3 N–H and O–H groups in total. The van der Waals surface area contributed by atoms with Gasteiger partial charge in [-0.1, -0.05) is 47.0 Å². The van der Waals surface area contributed by atoms with Gasteiger partial charge in [0.2, 0.25) is 0 Å². The number of hydrogen-bond acceptors (Lipinski definition) is 8. The number of hydrogen-bond donors (Lipinski definition) is 3. The van der Waals surface area contributed by atoms with Crippen LogP contribution in [0.5, 0.6) is 0 Å². The lowest BCUT2D eigenvalue weighted by Gasteiger charge is -2.52. The Balaban J connectivity index is 1.44. The van der Waals surface area contributed by atoms with Crippen LogP contribution in [-0.4, -0.2) is 38.0 Å². The summed E-state index contributed by atoms with van der Waals surface area (Å²) in [6.45, 7) is 9.25. The number of nitro benzene ring substituents is 2. The van der Waals surface area contributed by atoms with Crippen LogP contribution in [-0.2, 0) is 0 Å². The number of unbranched alkanes of at least 4 members (excludes halogenated alkanes) is 1. The van der Waals surface area contributed by atoms with Gasteiger partial charge >= 0.3 is 5.69 Å². The minimum atomic E-state index is -1.13. The molecule has 0 radical (unpaired) electrons. The first-order valence-electron chi connectivity index (χ1n) is 15.9. The number of nitro groups is 2. The quantitative estimate of drug-likeness (QED) is 0.115. The molecule has 9 atom stereocenters. The van der Waals surface area contributed by atoms with Crippen molar-refractivity contribution in [1.29, 1.82) is 0 Å². The van der Waals surface area contributed by atoms with Gasteiger partial charge in [-0.2, -0.15) is 5.10 Å². The summed E-state index contributed by atoms with van der Waals surface area (Å²) in [4.78, 5) is 21.5. The zero-order chi connectivity index (χ0) is 30.4. The molecule has 232 valence electrons. The van der Waals surface area contributed by atoms with Crippen molar-refractivity contribution >= 4 is 23.3 Å². The predicted octanol–water partition coefficient (Wildman–Crippen LogP) is 7.09. The van der Waals surface area contributed by atoms with Gasteiger partial charge in [0.1, 0.15) is 5.69 Å². The van der Waals surface area contributed by atoms with Gasteiger partial charge in [0.25, 0.3) is 5.69 Å². The Bertz CT molecular complexity index is 1220. The normalized spacial score (nSPS) is 39.2. The lowest BCUT2D eigenvalue weighted by molar-refractivity contribution is -0.393. The van der Waals surface area contributed by atoms with Crippen LogP contribution in [0.2, 0.25) is 0 Å². The zero-order valence-electron chi connectivity index (χ0n) is 25.5. The van der Waals surface area contributed by atoms with Crippen molar-refractivity contribution in [2.24, 2.45) is 51.4 Å². The van der Waals surface area contributed by atoms with Crippen molar-refractivity contribution in [3.8, 4) is 0 Å². The highest BCUT2D eigenvalue weighted by Gasteiger charge is 2.71. The van der Waals surface area contributed by atoms with Crippen molar-refractivity contribution in [3.05, 3.63) is 38.4 Å². The van der Waals surface area contributed by atoms with E-state index in [4.69, 9.17) is 0 Å². The van der Waals surface area contributed by atoms with Crippen LogP contribution in [0, 0.1) is 66.6 Å². The van der Waals surface area contributed by atoms with Gasteiger partial charge in [-0.05, 0) is 86.0 Å². The molecule has 4 saturated carbocycles. The molecule has 0 saturated heterocycles. The van der Waals surface area contributed by atoms with E-state index in [-0.39, 0.29) is 34.0 Å². The van der Waals surface area contributed by atoms with Crippen LogP contribution in [0.15, 0.2) is 23.3 Å². The number of aliphatic hydroxyl groups excluding tert-OH is 1. The molecule has 0 aromatic heterocycles. The van der Waals surface area contributed by atoms with Crippen molar-refractivity contribution in [3.63, 3.8) is 0 Å². The van der Waals surface area contributed by atoms with Crippen LogP contribution >= 0.6 is 0 Å². The average molecular weight is 585 g/mol. The van der Waals surface area contributed by atoms with Gasteiger partial charge in [-0.15, -0.1) is 0 Å². The molecule has 0 bridgehead atoms. The monoisotopic (exact) mass is 584 g/mol. The highest BCUT2D eigenvalue weighted by atomic mass is 16.6. The summed E-state index contributed by atoms with van der Waals surface area (Å²) in [6.07, 6.45) is 12.5. The van der Waals surface area contributed by atoms with E-state index in [0.29, 0.717) is 30.6 Å². The third-order valence-electron chi connectivity index (χ3n) is 12.2. The van der Waals surface area contributed by atoms with Crippen LogP contribution in [0.1, 0.15) is 98.3 Å². The maximum atomic E-state index is 12.5. The Morgan fingerprint density at radius 2 is 1.83 bits per heavy atom. The smallest absolute Gasteiger partial charge is 0.301 e. The van der Waals surface area contributed by atoms with Gasteiger partial charge < -0.3 is 10.2 Å². The molecule has 4 aliphatic rings. The first-order valence-corrected chi connectivity index (χ1v) is 15.9. The van der Waals surface area contributed by atoms with Gasteiger partial charge in [0, 0.05) is 30.0 Å². The third kappa shape index (κ3) is 5.12. The Morgan fingerprint density at radius 1 is 1.07 bits per heavy atom. The second-order valence-corrected chi connectivity index (χ2v) is 14.7. The first-order chi connectivity index (χ1) is 19.8. The van der Waals surface area contributed by atoms with E-state index in [1.807, 2.05) is 0 Å². The molecule has 10 heteroatoms. The molecular formula is C32H48N4O6. The zero-order valence-corrected chi connectivity index (χ0v) is 25.5. The molecule has 4 aliphatic carbocycles. The highest BCUT2D eigenvalue weighted by Crippen LogP contribution is 2.72. The summed E-state index contributed by atoms with van der Waals surface area (Å²) >= 11 is 0. The van der Waals surface area contributed by atoms with Crippen molar-refractivity contribution in [2.45, 2.75) is 110 Å². The molecule has 1 aromatic rings. The predicted molar refractivity (Wildman–Crippen MR) is 162 cm³/mol. The molecule has 10 nitrogen and oxygen atoms in total. The highest BCUT2D eigenvalue weighted by molar-refractivity contribution is 5.70. The van der Waals surface area contributed by atoms with E-state index >= 15 is 0 Å². The number of benzene rings is 1. The van der Waals surface area contributed by atoms with Crippen LogP contribution in [0.3, 0.4) is 0 Å². The second kappa shape index (κ2) is 11.5. The lowest BCUT2D eigenvalue weighted by atomic mass is 9.54. The van der Waals surface area contributed by atoms with E-state index in [2.05, 4.69) is 38.2 Å². The standard InChI is InChI=1S/C32H48N4O6/c1-20(2)7-5-6-8-21-9-11-24-29-25(14-15-30(21,24)3)31(4)16-13-23(37)18-32(31,38)26(29)19-33-34-27-12-10-22(35(39)40)17-28(27)36(41)42/h10,12,17,19-21,23-26,29,34,37-38H,5-9,11,13-16,18H2,1-4H3/b33-19+/t21-,23-,24?,25?,26+,29?,30+,31+,32+/m0/s1. The average Bonchev–Trinajstić information content (AvgIpc) is 3.35. The first kappa shape index (κ1) is 30.9. The summed E-state index contributed by atoms with van der Waals surface area (Å²) in [5, 5.41) is 50.5. The summed E-state index contributed by atoms with van der Waals surface area (Å²) < 4.78 is 0. The minimum absolute atomic E-state index is 0.0608. The van der Waals surface area contributed by atoms with E-state index < -0.39 is 27.2 Å². The van der Waals surface area contributed by atoms with Gasteiger partial charge in [0.15, 0.2) is 0 Å². The SMILES string of the molecule is CC(C)CCCC[C@H]1CCC2C3C(CC[C@@]21C)[C@@]1(C)CC[C@H](O)C[C@@]1(O)[C@@H]3/C=N/Nc1ccc([N+](=O)[O-])cc1[N+](=O)[O-]. The maximum absolute atomic E-state index is 12.5.